The normalized spacial score (nSPS) is 11.2. The minimum atomic E-state index is -2.85. The number of nitrogens with one attached hydrogen (secondary N) is 1. The molecule has 0 saturated carbocycles. The number of hydrogen-bond acceptors (Lipinski definition) is 9. The van der Waals surface area contributed by atoms with Crippen LogP contribution in [0.5, 0.6) is 5.88 Å². The van der Waals surface area contributed by atoms with Crippen molar-refractivity contribution in [3.05, 3.63) is 50.0 Å². The number of methoxy groups -OCH3 is 1. The second-order valence-corrected chi connectivity index (χ2v) is 9.79. The maximum atomic E-state index is 13.6. The lowest BCUT2D eigenvalue weighted by Gasteiger charge is -2.10. The standard InChI is InChI=1S/C21H18F2N6O5S2/c1-9-3-4-13(35-9)10-7-11(18(22)23)25-21-15(10)16(17(36-21)19(24)31)26-14(30)5-6-28-8-12(29(32)33)20(27-28)34-2/h3-4,7-8,18H,5-6H2,1-2H3,(H2,24,31)(H,26,30). The second-order valence-electron chi connectivity index (χ2n) is 7.50. The molecule has 0 fully saturated rings. The smallest absolute Gasteiger partial charge is 0.350 e. The maximum absolute atomic E-state index is 13.6. The molecule has 3 N–H and O–H groups in total. The van der Waals surface area contributed by atoms with Gasteiger partial charge in [0.25, 0.3) is 12.3 Å². The number of carbonyl (C=O) groups excluding carboxylic acids is 2. The van der Waals surface area contributed by atoms with Crippen LogP contribution in [0.1, 0.15) is 33.1 Å². The average molecular weight is 537 g/mol. The number of ether oxygens (including phenoxy) is 1. The van der Waals surface area contributed by atoms with Crippen molar-refractivity contribution < 1.29 is 28.0 Å². The van der Waals surface area contributed by atoms with Gasteiger partial charge < -0.3 is 15.8 Å². The molecule has 0 aliphatic carbocycles. The number of halogens is 2. The number of nitrogens with zero attached hydrogens (tertiary/aromatic N) is 4. The molecule has 4 rings (SSSR count). The van der Waals surface area contributed by atoms with Gasteiger partial charge in [0, 0.05) is 27.1 Å². The van der Waals surface area contributed by atoms with Crippen molar-refractivity contribution in [2.75, 3.05) is 12.4 Å². The van der Waals surface area contributed by atoms with Gasteiger partial charge >= 0.3 is 11.6 Å². The molecule has 11 nitrogen and oxygen atoms in total. The molecule has 0 aliphatic rings. The molecule has 0 atom stereocenters. The fourth-order valence-corrected chi connectivity index (χ4v) is 5.40. The highest BCUT2D eigenvalue weighted by Crippen LogP contribution is 2.44. The lowest BCUT2D eigenvalue weighted by molar-refractivity contribution is -0.385. The molecule has 4 heterocycles. The van der Waals surface area contributed by atoms with Gasteiger partial charge in [-0.1, -0.05) is 0 Å². The number of nitro groups is 1. The molecule has 0 saturated heterocycles. The quantitative estimate of drug-likeness (QED) is 0.235. The lowest BCUT2D eigenvalue weighted by Crippen LogP contribution is -2.18. The van der Waals surface area contributed by atoms with E-state index >= 15 is 0 Å². The van der Waals surface area contributed by atoms with Crippen LogP contribution in [0.2, 0.25) is 0 Å². The molecule has 188 valence electrons. The zero-order valence-corrected chi connectivity index (χ0v) is 20.4. The molecule has 0 aliphatic heterocycles. The van der Waals surface area contributed by atoms with Gasteiger partial charge in [-0.25, -0.2) is 13.8 Å². The molecule has 0 bridgehead atoms. The number of amides is 2. The van der Waals surface area contributed by atoms with Crippen LogP contribution in [-0.2, 0) is 11.3 Å². The van der Waals surface area contributed by atoms with Gasteiger partial charge in [-0.3, -0.25) is 24.4 Å². The molecule has 2 amide bonds. The van der Waals surface area contributed by atoms with Crippen LogP contribution < -0.4 is 15.8 Å². The number of anilines is 1. The van der Waals surface area contributed by atoms with Crippen molar-refractivity contribution >= 4 is 56.1 Å². The van der Waals surface area contributed by atoms with Gasteiger partial charge in [0.05, 0.1) is 24.3 Å². The Morgan fingerprint density at radius 2 is 2.08 bits per heavy atom. The van der Waals surface area contributed by atoms with Crippen molar-refractivity contribution in [3.63, 3.8) is 0 Å². The van der Waals surface area contributed by atoms with E-state index in [0.29, 0.717) is 15.8 Å². The highest BCUT2D eigenvalue weighted by atomic mass is 32.1. The number of alkyl halides is 2. The van der Waals surface area contributed by atoms with E-state index in [1.165, 1.54) is 29.2 Å². The summed E-state index contributed by atoms with van der Waals surface area (Å²) in [6.45, 7) is 1.83. The van der Waals surface area contributed by atoms with Crippen LogP contribution in [0.25, 0.3) is 20.7 Å². The SMILES string of the molecule is COc1nn(CCC(=O)Nc2c(C(N)=O)sc3nc(C(F)F)cc(-c4ccc(C)s4)c23)cc1[N+](=O)[O-]. The first-order valence-corrected chi connectivity index (χ1v) is 11.9. The van der Waals surface area contributed by atoms with Crippen LogP contribution >= 0.6 is 22.7 Å². The Morgan fingerprint density at radius 1 is 1.33 bits per heavy atom. The van der Waals surface area contributed by atoms with Crippen LogP contribution in [0, 0.1) is 17.0 Å². The van der Waals surface area contributed by atoms with Crippen molar-refractivity contribution in [3.8, 4) is 16.3 Å². The monoisotopic (exact) mass is 536 g/mol. The third kappa shape index (κ3) is 4.87. The number of fused-ring (bicyclic) bond motifs is 1. The zero-order chi connectivity index (χ0) is 26.1. The highest BCUT2D eigenvalue weighted by molar-refractivity contribution is 7.21. The average Bonchev–Trinajstić information content (AvgIpc) is 3.54. The molecule has 4 aromatic rings. The zero-order valence-electron chi connectivity index (χ0n) is 18.8. The van der Waals surface area contributed by atoms with Crippen LogP contribution in [-0.4, -0.2) is 38.6 Å². The van der Waals surface area contributed by atoms with Gasteiger partial charge in [-0.2, -0.15) is 0 Å². The summed E-state index contributed by atoms with van der Waals surface area (Å²) in [5.41, 5.74) is 5.17. The summed E-state index contributed by atoms with van der Waals surface area (Å²) < 4.78 is 33.2. The van der Waals surface area contributed by atoms with Crippen molar-refractivity contribution in [1.82, 2.24) is 14.8 Å². The van der Waals surface area contributed by atoms with Crippen molar-refractivity contribution in [2.24, 2.45) is 5.73 Å². The molecular formula is C21H18F2N6O5S2. The first kappa shape index (κ1) is 25.1. The van der Waals surface area contributed by atoms with Crippen LogP contribution in [0.3, 0.4) is 0 Å². The Hall–Kier alpha value is -3.98. The number of rotatable bonds is 9. The summed E-state index contributed by atoms with van der Waals surface area (Å²) in [5, 5.41) is 18.0. The minimum Gasteiger partial charge on any atom is -0.475 e. The Bertz CT molecular complexity index is 1500. The Morgan fingerprint density at radius 3 is 2.64 bits per heavy atom. The van der Waals surface area contributed by atoms with Crippen molar-refractivity contribution in [1.29, 1.82) is 0 Å². The Balaban J connectivity index is 1.71. The summed E-state index contributed by atoms with van der Waals surface area (Å²) in [5.74, 6) is -1.61. The predicted molar refractivity (Wildman–Crippen MR) is 130 cm³/mol. The molecule has 0 unspecified atom stereocenters. The first-order chi connectivity index (χ1) is 17.1. The fraction of sp³-hybridized carbons (Fsp3) is 0.238. The van der Waals surface area contributed by atoms with Crippen molar-refractivity contribution in [2.45, 2.75) is 26.3 Å². The Kier molecular flexibility index (Phi) is 6.94. The summed E-state index contributed by atoms with van der Waals surface area (Å²) >= 11 is 2.17. The molecule has 4 aromatic heterocycles. The van der Waals surface area contributed by atoms with Gasteiger partial charge in [-0.15, -0.1) is 27.8 Å². The van der Waals surface area contributed by atoms with E-state index in [-0.39, 0.29) is 39.9 Å². The number of thiophene rings is 2. The maximum Gasteiger partial charge on any atom is 0.350 e. The molecule has 0 radical (unpaired) electrons. The molecule has 0 aromatic carbocycles. The summed E-state index contributed by atoms with van der Waals surface area (Å²) in [7, 11) is 1.24. The summed E-state index contributed by atoms with van der Waals surface area (Å²) in [6, 6.07) is 4.82. The van der Waals surface area contributed by atoms with Gasteiger partial charge in [-0.05, 0) is 25.1 Å². The number of hydrogen-bond donors (Lipinski definition) is 2. The van der Waals surface area contributed by atoms with E-state index in [4.69, 9.17) is 10.5 Å². The highest BCUT2D eigenvalue weighted by Gasteiger charge is 2.26. The van der Waals surface area contributed by atoms with Gasteiger partial charge in [0.15, 0.2) is 0 Å². The third-order valence-corrected chi connectivity index (χ3v) is 7.20. The van der Waals surface area contributed by atoms with E-state index in [2.05, 4.69) is 15.4 Å². The minimum absolute atomic E-state index is 0.0330. The van der Waals surface area contributed by atoms with Gasteiger partial charge in [0.1, 0.15) is 21.6 Å². The van der Waals surface area contributed by atoms with E-state index in [0.717, 1.165) is 22.4 Å². The van der Waals surface area contributed by atoms with E-state index in [1.54, 1.807) is 6.07 Å². The number of primary amides is 1. The third-order valence-electron chi connectivity index (χ3n) is 5.07. The van der Waals surface area contributed by atoms with Crippen LogP contribution in [0.15, 0.2) is 24.4 Å². The van der Waals surface area contributed by atoms with E-state index in [9.17, 15) is 28.5 Å². The number of aryl methyl sites for hydroxylation is 2. The van der Waals surface area contributed by atoms with E-state index < -0.39 is 28.9 Å². The second kappa shape index (κ2) is 9.94. The van der Waals surface area contributed by atoms with Gasteiger partial charge in [0.2, 0.25) is 5.91 Å². The molecule has 36 heavy (non-hydrogen) atoms. The topological polar surface area (TPSA) is 155 Å². The summed E-state index contributed by atoms with van der Waals surface area (Å²) in [6.07, 6.45) is -1.89. The predicted octanol–water partition coefficient (Wildman–Crippen LogP) is 4.51. The number of carbonyl (C=O) groups is 2. The molecule has 15 heteroatoms. The summed E-state index contributed by atoms with van der Waals surface area (Å²) in [4.78, 5) is 41.1. The van der Waals surface area contributed by atoms with E-state index in [1.807, 2.05) is 13.0 Å². The van der Waals surface area contributed by atoms with Crippen LogP contribution in [0.4, 0.5) is 20.2 Å². The first-order valence-electron chi connectivity index (χ1n) is 10.3. The number of aromatic nitrogens is 3. The largest absolute Gasteiger partial charge is 0.475 e. The number of nitrogens with two attached hydrogens (primary N) is 1. The fourth-order valence-electron chi connectivity index (χ4n) is 3.49. The molecular weight excluding hydrogens is 518 g/mol. The Labute approximate surface area is 209 Å². The molecule has 0 spiro atoms. The number of pyridine rings is 1. The lowest BCUT2D eigenvalue weighted by atomic mass is 10.1.